The summed E-state index contributed by atoms with van der Waals surface area (Å²) in [5, 5.41) is 12.0. The Morgan fingerprint density at radius 1 is 1.57 bits per heavy atom. The third-order valence-electron chi connectivity index (χ3n) is 3.64. The number of ether oxygens (including phenoxy) is 1. The third-order valence-corrected chi connectivity index (χ3v) is 4.28. The van der Waals surface area contributed by atoms with Crippen molar-refractivity contribution in [2.45, 2.75) is 18.9 Å². The molecule has 5 nitrogen and oxygen atoms in total. The molecule has 6 heteroatoms. The maximum Gasteiger partial charge on any atom is 0.262 e. The molecule has 1 aliphatic heterocycles. The van der Waals surface area contributed by atoms with Gasteiger partial charge in [0.15, 0.2) is 0 Å². The Morgan fingerprint density at radius 3 is 2.91 bits per heavy atom. The van der Waals surface area contributed by atoms with E-state index in [-0.39, 0.29) is 17.6 Å². The van der Waals surface area contributed by atoms with E-state index in [1.54, 1.807) is 6.08 Å². The van der Waals surface area contributed by atoms with Gasteiger partial charge in [0.1, 0.15) is 11.6 Å². The molecule has 1 aromatic rings. The van der Waals surface area contributed by atoms with Gasteiger partial charge >= 0.3 is 0 Å². The molecule has 1 unspecified atom stereocenters. The van der Waals surface area contributed by atoms with E-state index in [1.807, 2.05) is 43.3 Å². The zero-order valence-electron chi connectivity index (χ0n) is 13.3. The number of nitriles is 1. The summed E-state index contributed by atoms with van der Waals surface area (Å²) < 4.78 is 6.37. The zero-order valence-corrected chi connectivity index (χ0v) is 14.9. The van der Waals surface area contributed by atoms with Crippen LogP contribution in [0.2, 0.25) is 0 Å². The molecular weight excluding hydrogens is 358 g/mol. The van der Waals surface area contributed by atoms with Crippen LogP contribution in [0.3, 0.4) is 0 Å². The van der Waals surface area contributed by atoms with Crippen molar-refractivity contribution in [3.8, 4) is 6.07 Å². The van der Waals surface area contributed by atoms with E-state index in [0.717, 1.165) is 35.2 Å². The summed E-state index contributed by atoms with van der Waals surface area (Å²) in [6, 6.07) is 7.67. The van der Waals surface area contributed by atoms with E-state index in [2.05, 4.69) is 21.2 Å². The average Bonchev–Trinajstić information content (AvgIpc) is 3.03. The minimum atomic E-state index is -0.365. The first kappa shape index (κ1) is 17.5. The second-order valence-electron chi connectivity index (χ2n) is 5.62. The standard InChI is InChI=1S/C17H20BrN3O2/c1-21(2)16-6-5-12(9-15(16)18)8-13(10-19)17(22)20-11-14-4-3-7-23-14/h5-6,8-9,14H,3-4,7,11H2,1-2H3,(H,20,22). The number of halogens is 1. The van der Waals surface area contributed by atoms with E-state index < -0.39 is 0 Å². The first-order valence-corrected chi connectivity index (χ1v) is 8.29. The van der Waals surface area contributed by atoms with E-state index in [0.29, 0.717) is 6.54 Å². The molecule has 122 valence electrons. The SMILES string of the molecule is CN(C)c1ccc(C=C(C#N)C(=O)NCC2CCCO2)cc1Br. The molecule has 1 heterocycles. The number of benzene rings is 1. The predicted octanol–water partition coefficient (Wildman–Crippen LogP) is 2.72. The number of hydrogen-bond acceptors (Lipinski definition) is 4. The molecule has 1 N–H and O–H groups in total. The monoisotopic (exact) mass is 377 g/mol. The lowest BCUT2D eigenvalue weighted by molar-refractivity contribution is -0.117. The molecule has 0 bridgehead atoms. The van der Waals surface area contributed by atoms with Crippen LogP contribution in [0.15, 0.2) is 28.2 Å². The van der Waals surface area contributed by atoms with Gasteiger partial charge in [-0.25, -0.2) is 0 Å². The first-order chi connectivity index (χ1) is 11.0. The van der Waals surface area contributed by atoms with Crippen LogP contribution in [0, 0.1) is 11.3 Å². The van der Waals surface area contributed by atoms with Crippen LogP contribution in [0.5, 0.6) is 0 Å². The lowest BCUT2D eigenvalue weighted by Crippen LogP contribution is -2.32. The maximum absolute atomic E-state index is 12.1. The van der Waals surface area contributed by atoms with Crippen LogP contribution in [-0.4, -0.2) is 39.3 Å². The lowest BCUT2D eigenvalue weighted by Gasteiger charge is -2.14. The topological polar surface area (TPSA) is 65.4 Å². The number of amides is 1. The Bertz CT molecular complexity index is 644. The second kappa shape index (κ2) is 8.14. The van der Waals surface area contributed by atoms with Gasteiger partial charge in [0.2, 0.25) is 0 Å². The van der Waals surface area contributed by atoms with Crippen LogP contribution < -0.4 is 10.2 Å². The molecule has 1 aromatic carbocycles. The van der Waals surface area contributed by atoms with Crippen molar-refractivity contribution in [3.05, 3.63) is 33.8 Å². The highest BCUT2D eigenvalue weighted by Gasteiger charge is 2.17. The van der Waals surface area contributed by atoms with E-state index in [9.17, 15) is 10.1 Å². The van der Waals surface area contributed by atoms with Gasteiger partial charge in [-0.15, -0.1) is 0 Å². The molecule has 1 fully saturated rings. The first-order valence-electron chi connectivity index (χ1n) is 7.49. The molecule has 1 atom stereocenters. The van der Waals surface area contributed by atoms with Crippen molar-refractivity contribution in [1.82, 2.24) is 5.32 Å². The maximum atomic E-state index is 12.1. The number of carbonyl (C=O) groups is 1. The van der Waals surface area contributed by atoms with Gasteiger partial charge in [-0.1, -0.05) is 6.07 Å². The molecule has 1 amide bonds. The highest BCUT2D eigenvalue weighted by molar-refractivity contribution is 9.10. The minimum absolute atomic E-state index is 0.0624. The van der Waals surface area contributed by atoms with E-state index in [4.69, 9.17) is 4.74 Å². The molecule has 0 aromatic heterocycles. The fraction of sp³-hybridized carbons (Fsp3) is 0.412. The molecular formula is C17H20BrN3O2. The lowest BCUT2D eigenvalue weighted by atomic mass is 10.1. The minimum Gasteiger partial charge on any atom is -0.377 e. The quantitative estimate of drug-likeness (QED) is 0.632. The Balaban J connectivity index is 2.06. The number of carbonyl (C=O) groups excluding carboxylic acids is 1. The summed E-state index contributed by atoms with van der Waals surface area (Å²) in [6.45, 7) is 1.19. The number of rotatable bonds is 5. The molecule has 1 aliphatic rings. The second-order valence-corrected chi connectivity index (χ2v) is 6.47. The van der Waals surface area contributed by atoms with Gasteiger partial charge < -0.3 is 15.0 Å². The van der Waals surface area contributed by atoms with Crippen LogP contribution in [-0.2, 0) is 9.53 Å². The average molecular weight is 378 g/mol. The van der Waals surface area contributed by atoms with Gasteiger partial charge in [-0.3, -0.25) is 4.79 Å². The summed E-state index contributed by atoms with van der Waals surface area (Å²) in [5.74, 6) is -0.365. The van der Waals surface area contributed by atoms with Crippen LogP contribution >= 0.6 is 15.9 Å². The summed E-state index contributed by atoms with van der Waals surface area (Å²) in [7, 11) is 3.91. The number of nitrogens with one attached hydrogen (secondary N) is 1. The molecule has 0 aliphatic carbocycles. The summed E-state index contributed by atoms with van der Waals surface area (Å²) >= 11 is 3.50. The number of anilines is 1. The molecule has 0 saturated carbocycles. The van der Waals surface area contributed by atoms with Crippen molar-refractivity contribution < 1.29 is 9.53 Å². The summed E-state index contributed by atoms with van der Waals surface area (Å²) in [6.07, 6.45) is 3.63. The number of nitrogens with zero attached hydrogens (tertiary/aromatic N) is 2. The van der Waals surface area contributed by atoms with Gasteiger partial charge in [0.05, 0.1) is 11.8 Å². The van der Waals surface area contributed by atoms with Crippen molar-refractivity contribution in [1.29, 1.82) is 5.26 Å². The van der Waals surface area contributed by atoms with Gasteiger partial charge in [-0.05, 0) is 52.5 Å². The third kappa shape index (κ3) is 4.81. The largest absolute Gasteiger partial charge is 0.377 e. The zero-order chi connectivity index (χ0) is 16.8. The Kier molecular flexibility index (Phi) is 6.20. The van der Waals surface area contributed by atoms with Crippen LogP contribution in [0.25, 0.3) is 6.08 Å². The van der Waals surface area contributed by atoms with E-state index >= 15 is 0 Å². The smallest absolute Gasteiger partial charge is 0.262 e. The highest BCUT2D eigenvalue weighted by Crippen LogP contribution is 2.26. The predicted molar refractivity (Wildman–Crippen MR) is 94.0 cm³/mol. The van der Waals surface area contributed by atoms with Crippen molar-refractivity contribution in [2.75, 3.05) is 32.1 Å². The highest BCUT2D eigenvalue weighted by atomic mass is 79.9. The van der Waals surface area contributed by atoms with Crippen LogP contribution in [0.4, 0.5) is 5.69 Å². The molecule has 23 heavy (non-hydrogen) atoms. The van der Waals surface area contributed by atoms with E-state index in [1.165, 1.54) is 0 Å². The molecule has 2 rings (SSSR count). The van der Waals surface area contributed by atoms with Gasteiger partial charge in [-0.2, -0.15) is 5.26 Å². The summed E-state index contributed by atoms with van der Waals surface area (Å²) in [5.41, 5.74) is 1.92. The van der Waals surface area contributed by atoms with Crippen molar-refractivity contribution in [3.63, 3.8) is 0 Å². The van der Waals surface area contributed by atoms with Gasteiger partial charge in [0.25, 0.3) is 5.91 Å². The Hall–Kier alpha value is -1.84. The molecule has 0 radical (unpaired) electrons. The fourth-order valence-corrected chi connectivity index (χ4v) is 3.15. The van der Waals surface area contributed by atoms with Crippen molar-refractivity contribution in [2.24, 2.45) is 0 Å². The normalized spacial score (nSPS) is 17.7. The number of hydrogen-bond donors (Lipinski definition) is 1. The van der Waals surface area contributed by atoms with Crippen LogP contribution in [0.1, 0.15) is 18.4 Å². The Labute approximate surface area is 145 Å². The molecule has 1 saturated heterocycles. The summed E-state index contributed by atoms with van der Waals surface area (Å²) in [4.78, 5) is 14.1. The Morgan fingerprint density at radius 2 is 2.35 bits per heavy atom. The van der Waals surface area contributed by atoms with Gasteiger partial charge in [0, 0.05) is 31.7 Å². The fourth-order valence-electron chi connectivity index (χ4n) is 2.40. The van der Waals surface area contributed by atoms with Crippen molar-refractivity contribution >= 4 is 33.6 Å². The molecule has 0 spiro atoms.